The molecule has 3 rings (SSSR count). The van der Waals surface area contributed by atoms with Crippen LogP contribution in [-0.4, -0.2) is 26.7 Å². The molecule has 8 heteroatoms. The van der Waals surface area contributed by atoms with Crippen molar-refractivity contribution in [3.05, 3.63) is 28.4 Å². The highest BCUT2D eigenvalue weighted by molar-refractivity contribution is 7.18. The van der Waals surface area contributed by atoms with E-state index in [0.717, 1.165) is 16.0 Å². The second kappa shape index (κ2) is 5.10. The van der Waals surface area contributed by atoms with Crippen molar-refractivity contribution < 1.29 is 4.52 Å². The van der Waals surface area contributed by atoms with E-state index in [9.17, 15) is 0 Å². The van der Waals surface area contributed by atoms with Gasteiger partial charge in [-0.25, -0.2) is 9.97 Å². The predicted octanol–water partition coefficient (Wildman–Crippen LogP) is 2.69. The van der Waals surface area contributed by atoms with E-state index < -0.39 is 0 Å². The maximum absolute atomic E-state index is 5.92. The maximum atomic E-state index is 5.92. The maximum Gasteiger partial charge on any atom is 0.228 e. The van der Waals surface area contributed by atoms with Crippen LogP contribution < -0.4 is 5.32 Å². The van der Waals surface area contributed by atoms with Gasteiger partial charge < -0.3 is 9.84 Å². The molecule has 0 spiro atoms. The first-order valence-electron chi connectivity index (χ1n) is 5.65. The van der Waals surface area contributed by atoms with E-state index in [0.29, 0.717) is 18.9 Å². The number of nitrogens with zero attached hydrogens (tertiary/aromatic N) is 4. The number of thiophene rings is 1. The molecule has 0 saturated heterocycles. The van der Waals surface area contributed by atoms with Gasteiger partial charge in [0.05, 0.1) is 5.39 Å². The lowest BCUT2D eigenvalue weighted by molar-refractivity contribution is 0.380. The van der Waals surface area contributed by atoms with Gasteiger partial charge in [0.2, 0.25) is 11.2 Å². The fraction of sp³-hybridized carbons (Fsp3) is 0.273. The van der Waals surface area contributed by atoms with Crippen molar-refractivity contribution in [2.45, 2.75) is 13.3 Å². The number of hydrogen-bond donors (Lipinski definition) is 1. The minimum atomic E-state index is 0.245. The summed E-state index contributed by atoms with van der Waals surface area (Å²) >= 11 is 7.51. The highest BCUT2D eigenvalue weighted by atomic mass is 35.5. The first-order valence-corrected chi connectivity index (χ1v) is 6.85. The number of aryl methyl sites for hydroxylation is 1. The zero-order chi connectivity index (χ0) is 13.2. The Labute approximate surface area is 117 Å². The van der Waals surface area contributed by atoms with Gasteiger partial charge in [0.15, 0.2) is 6.33 Å². The molecule has 0 aliphatic heterocycles. The average Bonchev–Trinajstić information content (AvgIpc) is 2.97. The Morgan fingerprint density at radius 1 is 1.42 bits per heavy atom. The minimum absolute atomic E-state index is 0.245. The van der Waals surface area contributed by atoms with Crippen LogP contribution in [0.2, 0.25) is 5.28 Å². The number of halogens is 1. The summed E-state index contributed by atoms with van der Waals surface area (Å²) in [5.41, 5.74) is 0. The summed E-state index contributed by atoms with van der Waals surface area (Å²) in [6.07, 6.45) is 2.02. The van der Waals surface area contributed by atoms with Gasteiger partial charge in [0.1, 0.15) is 10.6 Å². The molecule has 19 heavy (non-hydrogen) atoms. The Kier molecular flexibility index (Phi) is 3.31. The molecule has 0 unspecified atom stereocenters. The molecule has 0 aliphatic rings. The molecule has 0 aliphatic carbocycles. The number of fused-ring (bicyclic) bond motifs is 1. The molecule has 6 nitrogen and oxygen atoms in total. The Bertz CT molecular complexity index is 696. The van der Waals surface area contributed by atoms with E-state index in [1.54, 1.807) is 11.3 Å². The van der Waals surface area contributed by atoms with Gasteiger partial charge in [0.25, 0.3) is 0 Å². The van der Waals surface area contributed by atoms with Crippen molar-refractivity contribution in [1.29, 1.82) is 0 Å². The monoisotopic (exact) mass is 295 g/mol. The summed E-state index contributed by atoms with van der Waals surface area (Å²) < 4.78 is 4.93. The summed E-state index contributed by atoms with van der Waals surface area (Å²) in [7, 11) is 0. The standard InChI is InChI=1S/C11H10ClN5OS/c1-6-4-7-9(16-11(12)17-10(7)19-6)13-3-2-8-14-5-15-18-8/h4-5H,2-3H2,1H3,(H,13,16,17). The quantitative estimate of drug-likeness (QED) is 0.746. The number of anilines is 1. The summed E-state index contributed by atoms with van der Waals surface area (Å²) in [5.74, 6) is 1.32. The third-order valence-corrected chi connectivity index (χ3v) is 3.64. The summed E-state index contributed by atoms with van der Waals surface area (Å²) in [4.78, 5) is 14.4. The van der Waals surface area contributed by atoms with Crippen LogP contribution >= 0.6 is 22.9 Å². The molecule has 98 valence electrons. The average molecular weight is 296 g/mol. The normalized spacial score (nSPS) is 11.1. The number of rotatable bonds is 4. The minimum Gasteiger partial charge on any atom is -0.369 e. The van der Waals surface area contributed by atoms with Crippen LogP contribution in [0, 0.1) is 6.92 Å². The molecule has 0 radical (unpaired) electrons. The van der Waals surface area contributed by atoms with Crippen LogP contribution in [-0.2, 0) is 6.42 Å². The molecule has 0 bridgehead atoms. The molecule has 1 N–H and O–H groups in total. The summed E-state index contributed by atoms with van der Waals surface area (Å²) in [6.45, 7) is 2.67. The zero-order valence-corrected chi connectivity index (χ0v) is 11.6. The molecule has 0 fully saturated rings. The molecule has 0 atom stereocenters. The highest BCUT2D eigenvalue weighted by Crippen LogP contribution is 2.29. The van der Waals surface area contributed by atoms with E-state index in [-0.39, 0.29) is 5.28 Å². The lowest BCUT2D eigenvalue weighted by Crippen LogP contribution is -2.07. The van der Waals surface area contributed by atoms with E-state index >= 15 is 0 Å². The Morgan fingerprint density at radius 2 is 2.32 bits per heavy atom. The predicted molar refractivity (Wildman–Crippen MR) is 73.7 cm³/mol. The van der Waals surface area contributed by atoms with E-state index in [1.165, 1.54) is 11.2 Å². The van der Waals surface area contributed by atoms with Crippen molar-refractivity contribution in [3.8, 4) is 0 Å². The second-order valence-electron chi connectivity index (χ2n) is 3.93. The number of aromatic nitrogens is 4. The SMILES string of the molecule is Cc1cc2c(NCCc3ncno3)nc(Cl)nc2s1. The Balaban J connectivity index is 1.79. The van der Waals surface area contributed by atoms with Gasteiger partial charge in [-0.05, 0) is 24.6 Å². The molecular formula is C11H10ClN5OS. The topological polar surface area (TPSA) is 76.7 Å². The van der Waals surface area contributed by atoms with Crippen LogP contribution in [0.25, 0.3) is 10.2 Å². The van der Waals surface area contributed by atoms with Crippen molar-refractivity contribution >= 4 is 39.0 Å². The van der Waals surface area contributed by atoms with Gasteiger partial charge in [-0.3, -0.25) is 0 Å². The molecule has 0 saturated carbocycles. The van der Waals surface area contributed by atoms with Gasteiger partial charge in [0, 0.05) is 17.8 Å². The van der Waals surface area contributed by atoms with E-state index in [1.807, 2.05) is 13.0 Å². The highest BCUT2D eigenvalue weighted by Gasteiger charge is 2.09. The van der Waals surface area contributed by atoms with Crippen LogP contribution in [0.3, 0.4) is 0 Å². The molecule has 3 heterocycles. The van der Waals surface area contributed by atoms with Crippen molar-refractivity contribution in [1.82, 2.24) is 20.1 Å². The fourth-order valence-electron chi connectivity index (χ4n) is 1.74. The second-order valence-corrected chi connectivity index (χ2v) is 5.50. The molecule has 3 aromatic heterocycles. The summed E-state index contributed by atoms with van der Waals surface area (Å²) in [5, 5.41) is 8.01. The van der Waals surface area contributed by atoms with Gasteiger partial charge >= 0.3 is 0 Å². The lowest BCUT2D eigenvalue weighted by Gasteiger charge is -2.05. The zero-order valence-electron chi connectivity index (χ0n) is 10.1. The first kappa shape index (κ1) is 12.3. The smallest absolute Gasteiger partial charge is 0.228 e. The van der Waals surface area contributed by atoms with Crippen LogP contribution in [0.15, 0.2) is 16.9 Å². The Morgan fingerprint density at radius 3 is 3.11 bits per heavy atom. The van der Waals surface area contributed by atoms with Crippen molar-refractivity contribution in [2.75, 3.05) is 11.9 Å². The van der Waals surface area contributed by atoms with Crippen LogP contribution in [0.1, 0.15) is 10.8 Å². The Hall–Kier alpha value is -1.73. The van der Waals surface area contributed by atoms with E-state index in [2.05, 4.69) is 25.4 Å². The summed E-state index contributed by atoms with van der Waals surface area (Å²) in [6, 6.07) is 2.05. The van der Waals surface area contributed by atoms with Crippen molar-refractivity contribution in [3.63, 3.8) is 0 Å². The van der Waals surface area contributed by atoms with Gasteiger partial charge in [-0.2, -0.15) is 4.98 Å². The third-order valence-electron chi connectivity index (χ3n) is 2.53. The first-order chi connectivity index (χ1) is 9.22. The molecule has 0 aromatic carbocycles. The largest absolute Gasteiger partial charge is 0.369 e. The van der Waals surface area contributed by atoms with Crippen LogP contribution in [0.5, 0.6) is 0 Å². The fourth-order valence-corrected chi connectivity index (χ4v) is 2.84. The van der Waals surface area contributed by atoms with Crippen molar-refractivity contribution in [2.24, 2.45) is 0 Å². The third kappa shape index (κ3) is 2.66. The lowest BCUT2D eigenvalue weighted by atomic mass is 10.3. The number of nitrogens with one attached hydrogen (secondary N) is 1. The molecule has 3 aromatic rings. The van der Waals surface area contributed by atoms with Gasteiger partial charge in [-0.15, -0.1) is 11.3 Å². The molecular weight excluding hydrogens is 286 g/mol. The van der Waals surface area contributed by atoms with E-state index in [4.69, 9.17) is 16.1 Å². The van der Waals surface area contributed by atoms with Crippen LogP contribution in [0.4, 0.5) is 5.82 Å². The molecule has 0 amide bonds. The number of hydrogen-bond acceptors (Lipinski definition) is 7. The van der Waals surface area contributed by atoms with Gasteiger partial charge in [-0.1, -0.05) is 5.16 Å².